The monoisotopic (exact) mass is 1080 g/mol. The summed E-state index contributed by atoms with van der Waals surface area (Å²) in [5.74, 6) is 2.41. The first-order valence-corrected chi connectivity index (χ1v) is 26.2. The lowest BCUT2D eigenvalue weighted by atomic mass is 9.95. The second kappa shape index (κ2) is 19.6. The second-order valence-electron chi connectivity index (χ2n) is 19.7. The molecule has 0 saturated heterocycles. The van der Waals surface area contributed by atoms with Crippen molar-refractivity contribution < 1.29 is 26.3 Å². The van der Waals surface area contributed by atoms with E-state index in [4.69, 9.17) is 29.9 Å². The summed E-state index contributed by atoms with van der Waals surface area (Å²) < 4.78 is 98.3. The zero-order valence-electron chi connectivity index (χ0n) is 42.9. The second-order valence-corrected chi connectivity index (χ2v) is 19.7. The molecule has 82 heavy (non-hydrogen) atoms. The fourth-order valence-electron chi connectivity index (χ4n) is 11.0. The molecular weight excluding hydrogens is 1040 g/mol. The zero-order chi connectivity index (χ0) is 55.7. The van der Waals surface area contributed by atoms with E-state index in [1.54, 1.807) is 59.2 Å². The fourth-order valence-corrected chi connectivity index (χ4v) is 11.0. The first-order valence-electron chi connectivity index (χ1n) is 26.2. The topological polar surface area (TPSA) is 87.2 Å². The highest BCUT2D eigenvalue weighted by atomic mass is 19.4. The Hall–Kier alpha value is -10.6. The van der Waals surface area contributed by atoms with Crippen LogP contribution in [0.5, 0.6) is 0 Å². The minimum atomic E-state index is -5.11. The summed E-state index contributed by atoms with van der Waals surface area (Å²) in [7, 11) is 0. The van der Waals surface area contributed by atoms with Gasteiger partial charge in [-0.15, -0.1) is 0 Å². The first kappa shape index (κ1) is 49.7. The van der Waals surface area contributed by atoms with Gasteiger partial charge in [0.15, 0.2) is 34.9 Å². The molecule has 0 fully saturated rings. The van der Waals surface area contributed by atoms with E-state index in [1.165, 1.54) is 28.8 Å². The van der Waals surface area contributed by atoms with Crippen molar-refractivity contribution in [3.63, 3.8) is 0 Å². The lowest BCUT2D eigenvalue weighted by Crippen LogP contribution is -2.17. The maximum atomic E-state index is 17.1. The van der Waals surface area contributed by atoms with E-state index in [2.05, 4.69) is 0 Å². The predicted octanol–water partition coefficient (Wildman–Crippen LogP) is 18.0. The van der Waals surface area contributed by atoms with E-state index in [-0.39, 0.29) is 22.5 Å². The SMILES string of the molecule is FC(F)(F)c1cccc(-c2ccc(-n3c4ccccc4c4cc(-c5nc(-c6ccccc6)nc(-c6ccccc6)n5)ccc43)c(C(F)(F)F)c2-n2c3ccccc3c3cc(-c4nc(-c5ccccc5)nc(-c5ccccc5)n4)ccc32)c1. The van der Waals surface area contributed by atoms with E-state index in [0.29, 0.717) is 89.7 Å². The Morgan fingerprint density at radius 1 is 0.268 bits per heavy atom. The predicted molar refractivity (Wildman–Crippen MR) is 310 cm³/mol. The third-order valence-electron chi connectivity index (χ3n) is 14.7. The third kappa shape index (κ3) is 8.77. The molecule has 0 radical (unpaired) electrons. The highest BCUT2D eigenvalue weighted by molar-refractivity contribution is 6.13. The van der Waals surface area contributed by atoms with Crippen LogP contribution in [0.4, 0.5) is 26.3 Å². The van der Waals surface area contributed by atoms with Gasteiger partial charge in [-0.1, -0.05) is 176 Å². The highest BCUT2D eigenvalue weighted by Crippen LogP contribution is 2.49. The van der Waals surface area contributed by atoms with Gasteiger partial charge in [-0.05, 0) is 72.3 Å². The Morgan fingerprint density at radius 2 is 0.634 bits per heavy atom. The van der Waals surface area contributed by atoms with E-state index < -0.39 is 23.5 Å². The van der Waals surface area contributed by atoms with Crippen LogP contribution in [0, 0.1) is 0 Å². The van der Waals surface area contributed by atoms with Gasteiger partial charge in [-0.3, -0.25) is 0 Å². The van der Waals surface area contributed by atoms with Crippen LogP contribution in [0.15, 0.2) is 243 Å². The molecule has 0 aliphatic heterocycles. The molecule has 0 N–H and O–H groups in total. The number of benzene rings is 10. The Kier molecular flexibility index (Phi) is 11.9. The van der Waals surface area contributed by atoms with E-state index >= 15 is 13.2 Å². The molecule has 14 heteroatoms. The van der Waals surface area contributed by atoms with Crippen molar-refractivity contribution in [2.75, 3.05) is 0 Å². The Bertz CT molecular complexity index is 4660. The highest BCUT2D eigenvalue weighted by Gasteiger charge is 2.41. The Labute approximate surface area is 464 Å². The zero-order valence-corrected chi connectivity index (χ0v) is 42.9. The molecule has 4 heterocycles. The summed E-state index contributed by atoms with van der Waals surface area (Å²) in [5, 5.41) is 2.39. The summed E-state index contributed by atoms with van der Waals surface area (Å²) in [5.41, 5.74) is 2.99. The molecule has 0 saturated carbocycles. The number of halogens is 6. The molecule has 0 atom stereocenters. The van der Waals surface area contributed by atoms with E-state index in [1.807, 2.05) is 152 Å². The lowest BCUT2D eigenvalue weighted by molar-refractivity contribution is -0.138. The van der Waals surface area contributed by atoms with Crippen molar-refractivity contribution in [3.05, 3.63) is 254 Å². The molecule has 0 bridgehead atoms. The number of hydrogen-bond acceptors (Lipinski definition) is 6. The summed E-state index contributed by atoms with van der Waals surface area (Å²) in [6.07, 6.45) is -9.91. The maximum absolute atomic E-state index is 17.1. The van der Waals surface area contributed by atoms with Gasteiger partial charge in [0.2, 0.25) is 0 Å². The van der Waals surface area contributed by atoms with Crippen molar-refractivity contribution in [2.45, 2.75) is 12.4 Å². The van der Waals surface area contributed by atoms with Gasteiger partial charge in [0, 0.05) is 60.5 Å². The Balaban J connectivity index is 1.02. The van der Waals surface area contributed by atoms with Gasteiger partial charge in [0.25, 0.3) is 0 Å². The van der Waals surface area contributed by atoms with Crippen LogP contribution in [0.1, 0.15) is 11.1 Å². The van der Waals surface area contributed by atoms with Gasteiger partial charge >= 0.3 is 12.4 Å². The summed E-state index contributed by atoms with van der Waals surface area (Å²) >= 11 is 0. The van der Waals surface area contributed by atoms with Crippen molar-refractivity contribution in [3.8, 4) is 90.8 Å². The number of para-hydroxylation sites is 2. The molecule has 0 aliphatic carbocycles. The number of hydrogen-bond donors (Lipinski definition) is 0. The minimum Gasteiger partial charge on any atom is -0.309 e. The summed E-state index contributed by atoms with van der Waals surface area (Å²) in [6.45, 7) is 0. The van der Waals surface area contributed by atoms with Gasteiger partial charge in [-0.2, -0.15) is 26.3 Å². The van der Waals surface area contributed by atoms with E-state index in [9.17, 15) is 13.2 Å². The van der Waals surface area contributed by atoms with Gasteiger partial charge < -0.3 is 9.13 Å². The van der Waals surface area contributed by atoms with Crippen molar-refractivity contribution in [1.29, 1.82) is 0 Å². The van der Waals surface area contributed by atoms with Crippen molar-refractivity contribution >= 4 is 43.6 Å². The number of fused-ring (bicyclic) bond motifs is 6. The van der Waals surface area contributed by atoms with Crippen molar-refractivity contribution in [1.82, 2.24) is 39.0 Å². The molecule has 10 aromatic carbocycles. The summed E-state index contributed by atoms with van der Waals surface area (Å²) in [4.78, 5) is 29.5. The fraction of sp³-hybridized carbons (Fsp3) is 0.0294. The minimum absolute atomic E-state index is 0.0644. The number of nitrogens with zero attached hydrogens (tertiary/aromatic N) is 8. The Morgan fingerprint density at radius 3 is 1.06 bits per heavy atom. The number of rotatable bonds is 9. The molecular formula is C68H40F6N8. The largest absolute Gasteiger partial charge is 0.420 e. The molecule has 14 rings (SSSR count). The van der Waals surface area contributed by atoms with Crippen molar-refractivity contribution in [2.24, 2.45) is 0 Å². The van der Waals surface area contributed by atoms with Crippen LogP contribution < -0.4 is 0 Å². The lowest BCUT2D eigenvalue weighted by Gasteiger charge is -2.24. The van der Waals surface area contributed by atoms with Gasteiger partial charge in [-0.25, -0.2) is 29.9 Å². The average molecular weight is 1080 g/mol. The molecule has 8 nitrogen and oxygen atoms in total. The molecule has 0 amide bonds. The van der Waals surface area contributed by atoms with Crippen LogP contribution in [-0.4, -0.2) is 39.0 Å². The van der Waals surface area contributed by atoms with Crippen LogP contribution in [0.25, 0.3) is 134 Å². The quantitative estimate of drug-likeness (QED) is 0.134. The van der Waals surface area contributed by atoms with Gasteiger partial charge in [0.1, 0.15) is 5.56 Å². The molecule has 394 valence electrons. The van der Waals surface area contributed by atoms with Crippen LogP contribution >= 0.6 is 0 Å². The van der Waals surface area contributed by atoms with E-state index in [0.717, 1.165) is 34.4 Å². The third-order valence-corrected chi connectivity index (χ3v) is 14.7. The molecule has 0 aliphatic rings. The molecule has 14 aromatic rings. The molecule has 0 spiro atoms. The van der Waals surface area contributed by atoms with Crippen LogP contribution in [0.2, 0.25) is 0 Å². The molecule has 4 aromatic heterocycles. The average Bonchev–Trinajstić information content (AvgIpc) is 2.16. The summed E-state index contributed by atoms with van der Waals surface area (Å²) in [6, 6.07) is 70.2. The van der Waals surface area contributed by atoms with Crippen LogP contribution in [0.3, 0.4) is 0 Å². The standard InChI is InChI=1S/C68H40F6N8/c69-67(70,71)48-27-17-26-45(38-48)49-34-37-58(81-54-30-15-13-28-50(54)52-39-46(32-35-56(52)81)65-77-61(41-18-5-1-6-19-41)75-62(78-65)42-20-7-2-8-21-42)59(68(72,73)74)60(49)82-55-31-16-14-29-51(55)53-40-47(33-36-57(53)82)66-79-63(43-22-9-3-10-23-43)76-64(80-66)44-24-11-4-12-25-44/h1-40H. The molecule has 0 unspecified atom stereocenters. The first-order chi connectivity index (χ1) is 39.9. The van der Waals surface area contributed by atoms with Crippen LogP contribution in [-0.2, 0) is 12.4 Å². The normalized spacial score (nSPS) is 12.0. The maximum Gasteiger partial charge on any atom is 0.420 e. The number of aromatic nitrogens is 8. The van der Waals surface area contributed by atoms with Gasteiger partial charge in [0.05, 0.1) is 39.0 Å². The number of alkyl halides is 6. The smallest absolute Gasteiger partial charge is 0.309 e.